The molecule has 0 aliphatic carbocycles. The van der Waals surface area contributed by atoms with Crippen LogP contribution in [0.4, 0.5) is 10.1 Å². The number of hydrogen-bond acceptors (Lipinski definition) is 5. The van der Waals surface area contributed by atoms with E-state index in [0.717, 1.165) is 11.8 Å². The molecule has 1 aromatic heterocycles. The largest absolute Gasteiger partial charge is 0.482 e. The fourth-order valence-corrected chi connectivity index (χ4v) is 2.13. The number of benzene rings is 2. The summed E-state index contributed by atoms with van der Waals surface area (Å²) in [5, 5.41) is 13.6. The molecule has 122 valence electrons. The lowest BCUT2D eigenvalue weighted by atomic mass is 10.3. The highest BCUT2D eigenvalue weighted by Crippen LogP contribution is 2.24. The van der Waals surface area contributed by atoms with Gasteiger partial charge in [0.2, 0.25) is 0 Å². The summed E-state index contributed by atoms with van der Waals surface area (Å²) >= 11 is 5.82. The van der Waals surface area contributed by atoms with E-state index in [0.29, 0.717) is 5.69 Å². The summed E-state index contributed by atoms with van der Waals surface area (Å²) in [5.74, 6) is -0.604. The van der Waals surface area contributed by atoms with Crippen LogP contribution in [0.25, 0.3) is 5.69 Å². The number of carbonyl (C=O) groups is 1. The minimum atomic E-state index is -0.473. The van der Waals surface area contributed by atoms with E-state index in [9.17, 15) is 9.18 Å². The van der Waals surface area contributed by atoms with Gasteiger partial charge in [-0.15, -0.1) is 5.10 Å². The number of aromatic nitrogens is 4. The van der Waals surface area contributed by atoms with Gasteiger partial charge in [0, 0.05) is 5.69 Å². The fraction of sp³-hybridized carbons (Fsp3) is 0.0667. The van der Waals surface area contributed by atoms with E-state index < -0.39 is 5.82 Å². The highest BCUT2D eigenvalue weighted by Gasteiger charge is 2.08. The van der Waals surface area contributed by atoms with Crippen molar-refractivity contribution < 1.29 is 13.9 Å². The van der Waals surface area contributed by atoms with E-state index in [1.165, 1.54) is 23.1 Å². The Labute approximate surface area is 141 Å². The van der Waals surface area contributed by atoms with Crippen molar-refractivity contribution in [2.75, 3.05) is 11.9 Å². The Kier molecular flexibility index (Phi) is 4.66. The van der Waals surface area contributed by atoms with Gasteiger partial charge in [-0.1, -0.05) is 11.6 Å². The Bertz CT molecular complexity index is 840. The van der Waals surface area contributed by atoms with E-state index in [4.69, 9.17) is 16.3 Å². The van der Waals surface area contributed by atoms with Crippen LogP contribution in [0, 0.1) is 5.82 Å². The molecule has 7 nitrogen and oxygen atoms in total. The third-order valence-corrected chi connectivity index (χ3v) is 3.31. The number of nitrogens with zero attached hydrogens (tertiary/aromatic N) is 4. The zero-order valence-electron chi connectivity index (χ0n) is 12.2. The molecule has 0 spiro atoms. The Hall–Kier alpha value is -3.00. The topological polar surface area (TPSA) is 81.9 Å². The van der Waals surface area contributed by atoms with Gasteiger partial charge in [0.05, 0.1) is 10.7 Å². The molecule has 0 radical (unpaired) electrons. The van der Waals surface area contributed by atoms with Crippen molar-refractivity contribution in [3.63, 3.8) is 0 Å². The lowest BCUT2D eigenvalue weighted by molar-refractivity contribution is -0.118. The zero-order chi connectivity index (χ0) is 16.9. The summed E-state index contributed by atoms with van der Waals surface area (Å²) in [6.07, 6.45) is 1.47. The lowest BCUT2D eigenvalue weighted by Gasteiger charge is -2.09. The van der Waals surface area contributed by atoms with Crippen molar-refractivity contribution in [1.82, 2.24) is 20.2 Å². The van der Waals surface area contributed by atoms with E-state index >= 15 is 0 Å². The molecule has 0 aliphatic rings. The highest BCUT2D eigenvalue weighted by molar-refractivity contribution is 6.32. The number of hydrogen-bond donors (Lipinski definition) is 1. The Morgan fingerprint density at radius 2 is 2.04 bits per heavy atom. The van der Waals surface area contributed by atoms with Crippen molar-refractivity contribution in [3.8, 4) is 11.4 Å². The second-order valence-corrected chi connectivity index (χ2v) is 5.12. The molecule has 24 heavy (non-hydrogen) atoms. The van der Waals surface area contributed by atoms with Crippen LogP contribution >= 0.6 is 11.6 Å². The fourth-order valence-electron chi connectivity index (χ4n) is 1.91. The summed E-state index contributed by atoms with van der Waals surface area (Å²) < 4.78 is 19.7. The van der Waals surface area contributed by atoms with Gasteiger partial charge in [-0.2, -0.15) is 0 Å². The smallest absolute Gasteiger partial charge is 0.262 e. The van der Waals surface area contributed by atoms with Crippen LogP contribution in [0.5, 0.6) is 5.75 Å². The van der Waals surface area contributed by atoms with Gasteiger partial charge < -0.3 is 10.1 Å². The monoisotopic (exact) mass is 347 g/mol. The van der Waals surface area contributed by atoms with Crippen molar-refractivity contribution in [2.45, 2.75) is 0 Å². The molecule has 2 aromatic carbocycles. The molecule has 0 unspecified atom stereocenters. The third-order valence-electron chi connectivity index (χ3n) is 3.02. The molecular weight excluding hydrogens is 337 g/mol. The predicted octanol–water partition coefficient (Wildman–Crippen LogP) is 2.47. The second-order valence-electron chi connectivity index (χ2n) is 4.71. The minimum Gasteiger partial charge on any atom is -0.482 e. The lowest BCUT2D eigenvalue weighted by Crippen LogP contribution is -2.20. The van der Waals surface area contributed by atoms with Crippen LogP contribution in [-0.4, -0.2) is 32.7 Å². The standard InChI is InChI=1S/C15H11ClFN5O2/c16-13-7-10(17)1-6-14(13)24-8-15(23)19-11-2-4-12(5-3-11)22-9-18-20-21-22/h1-7,9H,8H2,(H,19,23). The number of amides is 1. The van der Waals surface area contributed by atoms with Gasteiger partial charge in [-0.25, -0.2) is 9.07 Å². The Balaban J connectivity index is 1.56. The first-order chi connectivity index (χ1) is 11.6. The number of rotatable bonds is 5. The van der Waals surface area contributed by atoms with Gasteiger partial charge in [0.15, 0.2) is 6.61 Å². The highest BCUT2D eigenvalue weighted by atomic mass is 35.5. The number of halogens is 2. The van der Waals surface area contributed by atoms with Crippen LogP contribution in [0.15, 0.2) is 48.8 Å². The van der Waals surface area contributed by atoms with Gasteiger partial charge in [0.25, 0.3) is 5.91 Å². The molecule has 3 aromatic rings. The van der Waals surface area contributed by atoms with E-state index in [1.807, 2.05) is 0 Å². The predicted molar refractivity (Wildman–Crippen MR) is 84.7 cm³/mol. The molecule has 1 heterocycles. The Morgan fingerprint density at radius 1 is 1.25 bits per heavy atom. The summed E-state index contributed by atoms with van der Waals surface area (Å²) in [6, 6.07) is 10.6. The van der Waals surface area contributed by atoms with Gasteiger partial charge >= 0.3 is 0 Å². The first-order valence-corrected chi connectivity index (χ1v) is 7.21. The third kappa shape index (κ3) is 3.85. The number of tetrazole rings is 1. The molecule has 0 fully saturated rings. The van der Waals surface area contributed by atoms with Crippen LogP contribution in [-0.2, 0) is 4.79 Å². The van der Waals surface area contributed by atoms with E-state index in [2.05, 4.69) is 20.8 Å². The molecule has 0 aliphatic heterocycles. The average Bonchev–Trinajstić information content (AvgIpc) is 3.09. The number of carbonyl (C=O) groups excluding carboxylic acids is 1. The molecule has 0 atom stereocenters. The SMILES string of the molecule is O=C(COc1ccc(F)cc1Cl)Nc1ccc(-n2cnnn2)cc1. The number of anilines is 1. The second kappa shape index (κ2) is 7.05. The summed E-state index contributed by atoms with van der Waals surface area (Å²) in [5.41, 5.74) is 1.35. The average molecular weight is 348 g/mol. The molecule has 1 N–H and O–H groups in total. The van der Waals surface area contributed by atoms with Gasteiger partial charge in [0.1, 0.15) is 17.9 Å². The molecule has 0 bridgehead atoms. The summed E-state index contributed by atoms with van der Waals surface area (Å²) in [7, 11) is 0. The van der Waals surface area contributed by atoms with Crippen LogP contribution in [0.3, 0.4) is 0 Å². The van der Waals surface area contributed by atoms with Crippen molar-refractivity contribution >= 4 is 23.2 Å². The van der Waals surface area contributed by atoms with E-state index in [-0.39, 0.29) is 23.3 Å². The van der Waals surface area contributed by atoms with E-state index in [1.54, 1.807) is 24.3 Å². The van der Waals surface area contributed by atoms with Gasteiger partial charge in [-0.05, 0) is 52.9 Å². The number of ether oxygens (including phenoxy) is 1. The maximum Gasteiger partial charge on any atom is 0.262 e. The van der Waals surface area contributed by atoms with Crippen molar-refractivity contribution in [2.24, 2.45) is 0 Å². The molecule has 0 saturated heterocycles. The van der Waals surface area contributed by atoms with Crippen molar-refractivity contribution in [1.29, 1.82) is 0 Å². The Morgan fingerprint density at radius 3 is 2.71 bits per heavy atom. The maximum atomic E-state index is 12.9. The molecule has 9 heteroatoms. The summed E-state index contributed by atoms with van der Waals surface area (Å²) in [6.45, 7) is -0.250. The minimum absolute atomic E-state index is 0.105. The summed E-state index contributed by atoms with van der Waals surface area (Å²) in [4.78, 5) is 11.9. The van der Waals surface area contributed by atoms with Crippen LogP contribution < -0.4 is 10.1 Å². The molecule has 1 amide bonds. The maximum absolute atomic E-state index is 12.9. The van der Waals surface area contributed by atoms with Gasteiger partial charge in [-0.3, -0.25) is 4.79 Å². The molecule has 3 rings (SSSR count). The van der Waals surface area contributed by atoms with Crippen molar-refractivity contribution in [3.05, 3.63) is 59.6 Å². The van der Waals surface area contributed by atoms with Crippen LogP contribution in [0.2, 0.25) is 5.02 Å². The quantitative estimate of drug-likeness (QED) is 0.766. The number of nitrogens with one attached hydrogen (secondary N) is 1. The molecular formula is C15H11ClFN5O2. The zero-order valence-corrected chi connectivity index (χ0v) is 12.9. The van der Waals surface area contributed by atoms with Crippen LogP contribution in [0.1, 0.15) is 0 Å². The normalized spacial score (nSPS) is 10.4. The first kappa shape index (κ1) is 15.9. The molecule has 0 saturated carbocycles. The first-order valence-electron chi connectivity index (χ1n) is 6.83.